The summed E-state index contributed by atoms with van der Waals surface area (Å²) >= 11 is 0. The number of benzene rings is 1. The summed E-state index contributed by atoms with van der Waals surface area (Å²) in [5, 5.41) is 8.29. The molecule has 4 heteroatoms. The van der Waals surface area contributed by atoms with Crippen molar-refractivity contribution in [3.8, 4) is 0 Å². The monoisotopic (exact) mass is 191 g/mol. The highest BCUT2D eigenvalue weighted by atomic mass is 16.4. The summed E-state index contributed by atoms with van der Waals surface area (Å²) < 4.78 is 0. The van der Waals surface area contributed by atoms with Crippen LogP contribution in [-0.4, -0.2) is 23.2 Å². The van der Waals surface area contributed by atoms with Crippen molar-refractivity contribution in [2.75, 3.05) is 0 Å². The van der Waals surface area contributed by atoms with Crippen LogP contribution in [0.3, 0.4) is 0 Å². The third kappa shape index (κ3) is 2.82. The number of nitrogens with zero attached hydrogens (tertiary/aromatic N) is 1. The Hall–Kier alpha value is -1.97. The summed E-state index contributed by atoms with van der Waals surface area (Å²) in [6.07, 6.45) is -0.0485. The summed E-state index contributed by atoms with van der Waals surface area (Å²) in [7, 11) is 0. The molecule has 0 heterocycles. The third-order valence-electron chi connectivity index (χ3n) is 1.62. The summed E-state index contributed by atoms with van der Waals surface area (Å²) in [5.41, 5.74) is 1.14. The Bertz CT molecular complexity index is 396. The van der Waals surface area contributed by atoms with E-state index in [1.165, 1.54) is 13.1 Å². The first-order valence-corrected chi connectivity index (χ1v) is 3.97. The van der Waals surface area contributed by atoms with Gasteiger partial charge in [-0.25, -0.2) is 4.79 Å². The Kier molecular flexibility index (Phi) is 3.12. The Labute approximate surface area is 80.9 Å². The molecule has 1 aromatic rings. The van der Waals surface area contributed by atoms with E-state index in [0.29, 0.717) is 11.1 Å². The average Bonchev–Trinajstić information content (AvgIpc) is 2.15. The molecule has 0 saturated carbocycles. The van der Waals surface area contributed by atoms with Gasteiger partial charge in [0.05, 0.1) is 0 Å². The molecule has 0 bridgehead atoms. The molecule has 0 aliphatic rings. The predicted molar refractivity (Wildman–Crippen MR) is 52.1 cm³/mol. The number of aliphatic imine (C=N–C) groups is 1. The maximum atomic E-state index is 11.0. The molecule has 1 amide bonds. The van der Waals surface area contributed by atoms with Crippen molar-refractivity contribution in [3.63, 3.8) is 0 Å². The van der Waals surface area contributed by atoms with Gasteiger partial charge in [-0.05, 0) is 18.6 Å². The number of Topliss-reactive ketones (excluding diaryl/α,β-unsaturated/α-hetero) is 1. The van der Waals surface area contributed by atoms with Crippen LogP contribution in [0.4, 0.5) is 4.79 Å². The molecular formula is C10H9NO3. The van der Waals surface area contributed by atoms with Crippen LogP contribution < -0.4 is 0 Å². The Balaban J connectivity index is 2.94. The lowest BCUT2D eigenvalue weighted by molar-refractivity contribution is 0.101. The molecule has 4 nitrogen and oxygen atoms in total. The van der Waals surface area contributed by atoms with Crippen molar-refractivity contribution >= 4 is 18.1 Å². The second kappa shape index (κ2) is 4.32. The highest BCUT2D eigenvalue weighted by Crippen LogP contribution is 2.03. The van der Waals surface area contributed by atoms with Gasteiger partial charge >= 0.3 is 6.09 Å². The van der Waals surface area contributed by atoms with Crippen molar-refractivity contribution in [3.05, 3.63) is 35.4 Å². The maximum Gasteiger partial charge on any atom is 0.431 e. The summed E-state index contributed by atoms with van der Waals surface area (Å²) in [4.78, 5) is 24.3. The number of carbonyl (C=O) groups is 2. The zero-order valence-electron chi connectivity index (χ0n) is 7.60. The number of hydrogen-bond acceptors (Lipinski definition) is 2. The number of ketones is 1. The molecular weight excluding hydrogens is 182 g/mol. The van der Waals surface area contributed by atoms with Crippen LogP contribution in [0.5, 0.6) is 0 Å². The molecule has 0 radical (unpaired) electrons. The van der Waals surface area contributed by atoms with Gasteiger partial charge in [-0.2, -0.15) is 4.99 Å². The molecule has 0 saturated heterocycles. The van der Waals surface area contributed by atoms with E-state index in [9.17, 15) is 9.59 Å². The Morgan fingerprint density at radius 1 is 1.43 bits per heavy atom. The van der Waals surface area contributed by atoms with Crippen LogP contribution in [0.25, 0.3) is 0 Å². The van der Waals surface area contributed by atoms with Gasteiger partial charge in [-0.1, -0.05) is 18.2 Å². The van der Waals surface area contributed by atoms with E-state index in [-0.39, 0.29) is 5.78 Å². The molecule has 0 spiro atoms. The normalized spacial score (nSPS) is 10.4. The van der Waals surface area contributed by atoms with Crippen LogP contribution in [-0.2, 0) is 0 Å². The van der Waals surface area contributed by atoms with Gasteiger partial charge in [-0.3, -0.25) is 4.79 Å². The van der Waals surface area contributed by atoms with E-state index >= 15 is 0 Å². The van der Waals surface area contributed by atoms with Crippen molar-refractivity contribution in [2.24, 2.45) is 4.99 Å². The van der Waals surface area contributed by atoms with Crippen molar-refractivity contribution in [1.29, 1.82) is 0 Å². The van der Waals surface area contributed by atoms with Crippen LogP contribution in [0.1, 0.15) is 22.8 Å². The fourth-order valence-corrected chi connectivity index (χ4v) is 0.968. The van der Waals surface area contributed by atoms with Gasteiger partial charge < -0.3 is 5.11 Å². The molecule has 0 aliphatic carbocycles. The average molecular weight is 191 g/mol. The third-order valence-corrected chi connectivity index (χ3v) is 1.62. The standard InChI is InChI=1S/C10H9NO3/c1-7(12)9-4-2-3-8(5-9)6-11-10(13)14/h2-6H,1H3,(H,13,14). The molecule has 72 valence electrons. The predicted octanol–water partition coefficient (Wildman–Crippen LogP) is 1.99. The second-order valence-electron chi connectivity index (χ2n) is 2.72. The number of hydrogen-bond donors (Lipinski definition) is 1. The first kappa shape index (κ1) is 10.1. The second-order valence-corrected chi connectivity index (χ2v) is 2.72. The SMILES string of the molecule is CC(=O)c1cccc(C=NC(=O)O)c1. The smallest absolute Gasteiger partial charge is 0.431 e. The van der Waals surface area contributed by atoms with E-state index < -0.39 is 6.09 Å². The molecule has 0 atom stereocenters. The highest BCUT2D eigenvalue weighted by molar-refractivity contribution is 5.96. The van der Waals surface area contributed by atoms with Gasteiger partial charge in [0.2, 0.25) is 0 Å². The molecule has 1 rings (SSSR count). The zero-order valence-corrected chi connectivity index (χ0v) is 7.60. The van der Waals surface area contributed by atoms with Gasteiger partial charge in [0, 0.05) is 11.8 Å². The fraction of sp³-hybridized carbons (Fsp3) is 0.100. The quantitative estimate of drug-likeness (QED) is 0.574. The van der Waals surface area contributed by atoms with Crippen molar-refractivity contribution in [1.82, 2.24) is 0 Å². The molecule has 1 aromatic carbocycles. The van der Waals surface area contributed by atoms with Gasteiger partial charge in [0.25, 0.3) is 0 Å². The van der Waals surface area contributed by atoms with Crippen molar-refractivity contribution in [2.45, 2.75) is 6.92 Å². The minimum Gasteiger partial charge on any atom is -0.463 e. The number of amides is 1. The van der Waals surface area contributed by atoms with Crippen LogP contribution in [0.15, 0.2) is 29.3 Å². The van der Waals surface area contributed by atoms with Gasteiger partial charge in [0.1, 0.15) is 0 Å². The Morgan fingerprint density at radius 3 is 2.71 bits per heavy atom. The van der Waals surface area contributed by atoms with Crippen LogP contribution in [0.2, 0.25) is 0 Å². The van der Waals surface area contributed by atoms with Crippen LogP contribution >= 0.6 is 0 Å². The number of carbonyl (C=O) groups excluding carboxylic acids is 1. The molecule has 0 aromatic heterocycles. The van der Waals surface area contributed by atoms with Crippen molar-refractivity contribution < 1.29 is 14.7 Å². The van der Waals surface area contributed by atoms with Gasteiger partial charge in [0.15, 0.2) is 5.78 Å². The lowest BCUT2D eigenvalue weighted by atomic mass is 10.1. The first-order chi connectivity index (χ1) is 6.59. The van der Waals surface area contributed by atoms with E-state index in [4.69, 9.17) is 5.11 Å². The maximum absolute atomic E-state index is 11.0. The lowest BCUT2D eigenvalue weighted by Crippen LogP contribution is -1.94. The van der Waals surface area contributed by atoms with Crippen LogP contribution in [0, 0.1) is 0 Å². The topological polar surface area (TPSA) is 66.7 Å². The highest BCUT2D eigenvalue weighted by Gasteiger charge is 1.98. The minimum absolute atomic E-state index is 0.0597. The summed E-state index contributed by atoms with van der Waals surface area (Å²) in [6.45, 7) is 1.45. The number of rotatable bonds is 2. The summed E-state index contributed by atoms with van der Waals surface area (Å²) in [6, 6.07) is 6.62. The first-order valence-electron chi connectivity index (χ1n) is 3.97. The lowest BCUT2D eigenvalue weighted by Gasteiger charge is -1.96. The molecule has 14 heavy (non-hydrogen) atoms. The zero-order chi connectivity index (χ0) is 10.6. The molecule has 0 fully saturated rings. The van der Waals surface area contributed by atoms with E-state index in [1.807, 2.05) is 0 Å². The molecule has 0 aliphatic heterocycles. The van der Waals surface area contributed by atoms with E-state index in [1.54, 1.807) is 24.3 Å². The molecule has 0 unspecified atom stereocenters. The van der Waals surface area contributed by atoms with E-state index in [2.05, 4.69) is 4.99 Å². The summed E-state index contributed by atoms with van der Waals surface area (Å²) in [5.74, 6) is -0.0597. The number of carboxylic acid groups (broad SMARTS) is 1. The fourth-order valence-electron chi connectivity index (χ4n) is 0.968. The van der Waals surface area contributed by atoms with E-state index in [0.717, 1.165) is 0 Å². The molecule has 1 N–H and O–H groups in total. The Morgan fingerprint density at radius 2 is 2.14 bits per heavy atom. The minimum atomic E-state index is -1.25. The van der Waals surface area contributed by atoms with Gasteiger partial charge in [-0.15, -0.1) is 0 Å². The largest absolute Gasteiger partial charge is 0.463 e.